The summed E-state index contributed by atoms with van der Waals surface area (Å²) in [6.07, 6.45) is 6.49. The van der Waals surface area contributed by atoms with Gasteiger partial charge >= 0.3 is 0 Å². The Bertz CT molecular complexity index is 374. The van der Waals surface area contributed by atoms with E-state index in [2.05, 4.69) is 22.0 Å². The summed E-state index contributed by atoms with van der Waals surface area (Å²) in [5, 5.41) is 0. The van der Waals surface area contributed by atoms with Crippen molar-refractivity contribution < 1.29 is 4.74 Å². The van der Waals surface area contributed by atoms with Crippen LogP contribution in [0.1, 0.15) is 43.7 Å². The first-order valence-corrected chi connectivity index (χ1v) is 7.09. The fourth-order valence-corrected chi connectivity index (χ4v) is 3.11. The molecule has 2 nitrogen and oxygen atoms in total. The molecule has 0 spiro atoms. The third-order valence-electron chi connectivity index (χ3n) is 3.65. The molecule has 1 atom stereocenters. The van der Waals surface area contributed by atoms with Gasteiger partial charge in [0.05, 0.1) is 7.11 Å². The van der Waals surface area contributed by atoms with E-state index in [9.17, 15) is 0 Å². The highest BCUT2D eigenvalue weighted by atomic mass is 79.9. The molecule has 1 unspecified atom stereocenters. The number of hydrogen-bond acceptors (Lipinski definition) is 2. The molecular formula is C14H20BrNO. The Morgan fingerprint density at radius 2 is 2.12 bits per heavy atom. The maximum atomic E-state index is 6.32. The second-order valence-electron chi connectivity index (χ2n) is 4.88. The van der Waals surface area contributed by atoms with Gasteiger partial charge in [0.2, 0.25) is 0 Å². The summed E-state index contributed by atoms with van der Waals surface area (Å²) >= 11 is 3.50. The minimum absolute atomic E-state index is 0.0885. The number of rotatable bonds is 4. The van der Waals surface area contributed by atoms with Gasteiger partial charge in [0, 0.05) is 16.1 Å². The molecule has 0 aliphatic heterocycles. The van der Waals surface area contributed by atoms with Crippen LogP contribution in [0.3, 0.4) is 0 Å². The zero-order chi connectivity index (χ0) is 12.3. The van der Waals surface area contributed by atoms with Gasteiger partial charge in [-0.3, -0.25) is 0 Å². The molecule has 1 aliphatic rings. The minimum atomic E-state index is 0.0885. The van der Waals surface area contributed by atoms with Crippen molar-refractivity contribution >= 4 is 15.9 Å². The van der Waals surface area contributed by atoms with Gasteiger partial charge in [-0.2, -0.15) is 0 Å². The minimum Gasteiger partial charge on any atom is -0.496 e. The van der Waals surface area contributed by atoms with Gasteiger partial charge in [-0.1, -0.05) is 41.6 Å². The highest BCUT2D eigenvalue weighted by molar-refractivity contribution is 9.10. The van der Waals surface area contributed by atoms with Gasteiger partial charge in [-0.15, -0.1) is 0 Å². The second kappa shape index (κ2) is 5.87. The third kappa shape index (κ3) is 3.23. The molecule has 0 bridgehead atoms. The zero-order valence-electron chi connectivity index (χ0n) is 10.3. The lowest BCUT2D eigenvalue weighted by molar-refractivity contribution is 0.393. The van der Waals surface area contributed by atoms with E-state index >= 15 is 0 Å². The summed E-state index contributed by atoms with van der Waals surface area (Å²) in [6.45, 7) is 0. The van der Waals surface area contributed by atoms with Crippen LogP contribution in [0.5, 0.6) is 5.75 Å². The Labute approximate surface area is 112 Å². The van der Waals surface area contributed by atoms with E-state index in [-0.39, 0.29) is 6.04 Å². The lowest BCUT2D eigenvalue weighted by Gasteiger charge is -2.19. The van der Waals surface area contributed by atoms with Crippen molar-refractivity contribution in [2.45, 2.75) is 38.1 Å². The monoisotopic (exact) mass is 297 g/mol. The molecule has 1 saturated carbocycles. The molecule has 0 amide bonds. The molecule has 0 heterocycles. The molecule has 94 valence electrons. The summed E-state index contributed by atoms with van der Waals surface area (Å²) in [7, 11) is 1.70. The van der Waals surface area contributed by atoms with Crippen molar-refractivity contribution in [3.05, 3.63) is 28.2 Å². The molecule has 1 aliphatic carbocycles. The lowest BCUT2D eigenvalue weighted by atomic mass is 9.94. The summed E-state index contributed by atoms with van der Waals surface area (Å²) in [5.74, 6) is 1.70. The maximum Gasteiger partial charge on any atom is 0.123 e. The molecular weight excluding hydrogens is 278 g/mol. The first kappa shape index (κ1) is 12.9. The molecule has 3 heteroatoms. The van der Waals surface area contributed by atoms with Crippen molar-refractivity contribution in [3.8, 4) is 5.75 Å². The number of halogens is 1. The van der Waals surface area contributed by atoms with Gasteiger partial charge in [0.1, 0.15) is 5.75 Å². The molecule has 1 aromatic carbocycles. The summed E-state index contributed by atoms with van der Waals surface area (Å²) in [5.41, 5.74) is 7.44. The van der Waals surface area contributed by atoms with Crippen LogP contribution in [-0.2, 0) is 0 Å². The summed E-state index contributed by atoms with van der Waals surface area (Å²) < 4.78 is 6.45. The van der Waals surface area contributed by atoms with Gasteiger partial charge in [-0.25, -0.2) is 0 Å². The third-order valence-corrected chi connectivity index (χ3v) is 4.15. The highest BCUT2D eigenvalue weighted by Crippen LogP contribution is 2.35. The average Bonchev–Trinajstić information content (AvgIpc) is 2.81. The number of benzene rings is 1. The van der Waals surface area contributed by atoms with E-state index in [1.165, 1.54) is 25.7 Å². The zero-order valence-corrected chi connectivity index (χ0v) is 11.9. The van der Waals surface area contributed by atoms with Crippen LogP contribution in [0.2, 0.25) is 0 Å². The van der Waals surface area contributed by atoms with Gasteiger partial charge < -0.3 is 10.5 Å². The summed E-state index contributed by atoms with van der Waals surface area (Å²) in [4.78, 5) is 0. The van der Waals surface area contributed by atoms with Crippen molar-refractivity contribution in [2.75, 3.05) is 7.11 Å². The van der Waals surface area contributed by atoms with Crippen LogP contribution in [0.15, 0.2) is 22.7 Å². The largest absolute Gasteiger partial charge is 0.496 e. The quantitative estimate of drug-likeness (QED) is 0.910. The van der Waals surface area contributed by atoms with E-state index < -0.39 is 0 Å². The Morgan fingerprint density at radius 3 is 2.76 bits per heavy atom. The lowest BCUT2D eigenvalue weighted by Crippen LogP contribution is -2.15. The molecule has 1 aromatic rings. The van der Waals surface area contributed by atoms with E-state index in [1.807, 2.05) is 12.1 Å². The van der Waals surface area contributed by atoms with Crippen LogP contribution >= 0.6 is 15.9 Å². The Balaban J connectivity index is 2.11. The maximum absolute atomic E-state index is 6.32. The molecule has 0 radical (unpaired) electrons. The van der Waals surface area contributed by atoms with Crippen LogP contribution < -0.4 is 10.5 Å². The van der Waals surface area contributed by atoms with E-state index in [1.54, 1.807) is 7.11 Å². The standard InChI is InChI=1S/C14H20BrNO/c1-17-14-7-6-11(15)9-12(14)13(16)8-10-4-2-3-5-10/h6-7,9-10,13H,2-5,8,16H2,1H3. The van der Waals surface area contributed by atoms with E-state index in [0.717, 1.165) is 28.1 Å². The molecule has 17 heavy (non-hydrogen) atoms. The van der Waals surface area contributed by atoms with Gasteiger partial charge in [0.25, 0.3) is 0 Å². The molecule has 1 fully saturated rings. The predicted molar refractivity (Wildman–Crippen MR) is 74.2 cm³/mol. The molecule has 0 saturated heterocycles. The van der Waals surface area contributed by atoms with Crippen molar-refractivity contribution in [1.82, 2.24) is 0 Å². The SMILES string of the molecule is COc1ccc(Br)cc1C(N)CC1CCCC1. The number of ether oxygens (including phenoxy) is 1. The molecule has 2 rings (SSSR count). The summed E-state index contributed by atoms with van der Waals surface area (Å²) in [6, 6.07) is 6.14. The highest BCUT2D eigenvalue weighted by Gasteiger charge is 2.21. The number of hydrogen-bond donors (Lipinski definition) is 1. The smallest absolute Gasteiger partial charge is 0.123 e. The number of nitrogens with two attached hydrogens (primary N) is 1. The molecule has 0 aromatic heterocycles. The number of methoxy groups -OCH3 is 1. The topological polar surface area (TPSA) is 35.2 Å². The van der Waals surface area contributed by atoms with E-state index in [0.29, 0.717) is 0 Å². The average molecular weight is 298 g/mol. The first-order chi connectivity index (χ1) is 8.20. The van der Waals surface area contributed by atoms with Crippen LogP contribution in [0, 0.1) is 5.92 Å². The van der Waals surface area contributed by atoms with Crippen LogP contribution in [0.4, 0.5) is 0 Å². The fourth-order valence-electron chi connectivity index (χ4n) is 2.73. The fraction of sp³-hybridized carbons (Fsp3) is 0.571. The first-order valence-electron chi connectivity index (χ1n) is 6.29. The normalized spacial score (nSPS) is 18.3. The van der Waals surface area contributed by atoms with Crippen molar-refractivity contribution in [3.63, 3.8) is 0 Å². The van der Waals surface area contributed by atoms with Gasteiger partial charge in [-0.05, 0) is 30.5 Å². The van der Waals surface area contributed by atoms with Crippen LogP contribution in [0.25, 0.3) is 0 Å². The van der Waals surface area contributed by atoms with Crippen molar-refractivity contribution in [2.24, 2.45) is 11.7 Å². The van der Waals surface area contributed by atoms with Gasteiger partial charge in [0.15, 0.2) is 0 Å². The molecule has 2 N–H and O–H groups in total. The Morgan fingerprint density at radius 1 is 1.41 bits per heavy atom. The van der Waals surface area contributed by atoms with Crippen LogP contribution in [-0.4, -0.2) is 7.11 Å². The van der Waals surface area contributed by atoms with E-state index in [4.69, 9.17) is 10.5 Å². The second-order valence-corrected chi connectivity index (χ2v) is 5.79. The Kier molecular flexibility index (Phi) is 4.46. The van der Waals surface area contributed by atoms with Crippen molar-refractivity contribution in [1.29, 1.82) is 0 Å². The predicted octanol–water partition coefficient (Wildman–Crippen LogP) is 4.04. The Hall–Kier alpha value is -0.540.